The van der Waals surface area contributed by atoms with Crippen LogP contribution in [0.3, 0.4) is 0 Å². The summed E-state index contributed by atoms with van der Waals surface area (Å²) < 4.78 is 19.2. The van der Waals surface area contributed by atoms with Crippen LogP contribution in [0.1, 0.15) is 22.7 Å². The summed E-state index contributed by atoms with van der Waals surface area (Å²) in [6, 6.07) is 8.03. The topological polar surface area (TPSA) is 78.9 Å². The summed E-state index contributed by atoms with van der Waals surface area (Å²) >= 11 is 6.18. The Bertz CT molecular complexity index is 1010. The lowest BCUT2D eigenvalue weighted by atomic mass is 9.91. The van der Waals surface area contributed by atoms with Crippen molar-refractivity contribution in [1.82, 2.24) is 10.2 Å². The quantitative estimate of drug-likeness (QED) is 0.701. The molecule has 2 N–H and O–H groups in total. The van der Waals surface area contributed by atoms with Crippen molar-refractivity contribution in [2.45, 2.75) is 19.4 Å². The van der Waals surface area contributed by atoms with Gasteiger partial charge in [-0.2, -0.15) is 0 Å². The Morgan fingerprint density at radius 3 is 2.80 bits per heavy atom. The molecular formula is C22H22ClFN2O4. The van der Waals surface area contributed by atoms with Crippen LogP contribution in [0.2, 0.25) is 5.02 Å². The third-order valence-corrected chi connectivity index (χ3v) is 5.12. The number of urea groups is 1. The summed E-state index contributed by atoms with van der Waals surface area (Å²) in [5.41, 5.74) is 2.34. The second-order valence-corrected chi connectivity index (χ2v) is 7.42. The van der Waals surface area contributed by atoms with E-state index in [1.807, 2.05) is 6.92 Å². The highest BCUT2D eigenvalue weighted by molar-refractivity contribution is 6.32. The van der Waals surface area contributed by atoms with E-state index in [2.05, 4.69) is 5.32 Å². The van der Waals surface area contributed by atoms with E-state index in [-0.39, 0.29) is 31.4 Å². The van der Waals surface area contributed by atoms with E-state index in [1.54, 1.807) is 25.2 Å². The fourth-order valence-corrected chi connectivity index (χ4v) is 3.53. The van der Waals surface area contributed by atoms with E-state index in [9.17, 15) is 14.0 Å². The van der Waals surface area contributed by atoms with Gasteiger partial charge in [0.15, 0.2) is 5.78 Å². The van der Waals surface area contributed by atoms with Crippen molar-refractivity contribution in [1.29, 1.82) is 0 Å². The number of nitrogens with zero attached hydrogens (tertiary/aromatic N) is 1. The Balaban J connectivity index is 1.92. The Hall–Kier alpha value is -2.90. The highest BCUT2D eigenvalue weighted by Gasteiger charge is 2.30. The number of hydrogen-bond donors (Lipinski definition) is 2. The van der Waals surface area contributed by atoms with Gasteiger partial charge in [0.05, 0.1) is 17.7 Å². The molecule has 0 radical (unpaired) electrons. The number of benzene rings is 2. The lowest BCUT2D eigenvalue weighted by molar-refractivity contribution is -0.115. The van der Waals surface area contributed by atoms with Crippen molar-refractivity contribution in [2.24, 2.45) is 0 Å². The Kier molecular flexibility index (Phi) is 6.74. The van der Waals surface area contributed by atoms with Crippen molar-refractivity contribution >= 4 is 23.4 Å². The average molecular weight is 433 g/mol. The standard InChI is InChI=1S/C22H22ClFN2O4/c1-13-8-18(23)20(30-7-6-27)11-15(13)10-19(28)17-12-26(2)22(29)25-21(17)14-4-3-5-16(24)9-14/h3-5,8-9,11-12,21,27H,6-7,10H2,1-2H3,(H,25,29)/t21-/m0/s1. The van der Waals surface area contributed by atoms with Crippen LogP contribution in [0.25, 0.3) is 0 Å². The van der Waals surface area contributed by atoms with Crippen LogP contribution in [-0.2, 0) is 11.2 Å². The van der Waals surface area contributed by atoms with Crippen LogP contribution in [0.5, 0.6) is 5.75 Å². The van der Waals surface area contributed by atoms with Crippen molar-refractivity contribution in [3.8, 4) is 5.75 Å². The molecule has 0 unspecified atom stereocenters. The number of halogens is 2. The van der Waals surface area contributed by atoms with Gasteiger partial charge in [-0.25, -0.2) is 9.18 Å². The second kappa shape index (κ2) is 9.28. The van der Waals surface area contributed by atoms with Gasteiger partial charge in [-0.05, 0) is 47.9 Å². The van der Waals surface area contributed by atoms with Crippen molar-refractivity contribution in [2.75, 3.05) is 20.3 Å². The number of nitrogens with one attached hydrogen (secondary N) is 1. The van der Waals surface area contributed by atoms with Crippen LogP contribution in [0.15, 0.2) is 48.2 Å². The third kappa shape index (κ3) is 4.80. The molecule has 0 aromatic heterocycles. The van der Waals surface area contributed by atoms with Crippen LogP contribution < -0.4 is 10.1 Å². The molecule has 8 heteroatoms. The minimum atomic E-state index is -0.755. The van der Waals surface area contributed by atoms with Crippen LogP contribution in [-0.4, -0.2) is 42.1 Å². The van der Waals surface area contributed by atoms with Gasteiger partial charge in [-0.3, -0.25) is 4.79 Å². The number of ether oxygens (including phenoxy) is 1. The first-order valence-corrected chi connectivity index (χ1v) is 9.74. The van der Waals surface area contributed by atoms with E-state index in [0.29, 0.717) is 27.5 Å². The van der Waals surface area contributed by atoms with Gasteiger partial charge in [0.25, 0.3) is 0 Å². The molecular weight excluding hydrogens is 411 g/mol. The Labute approximate surface area is 178 Å². The van der Waals surface area contributed by atoms with Crippen LogP contribution >= 0.6 is 11.6 Å². The zero-order chi connectivity index (χ0) is 21.8. The van der Waals surface area contributed by atoms with Gasteiger partial charge in [-0.1, -0.05) is 23.7 Å². The lowest BCUT2D eigenvalue weighted by Gasteiger charge is -2.30. The number of aliphatic hydroxyl groups excluding tert-OH is 1. The molecule has 6 nitrogen and oxygen atoms in total. The number of amides is 2. The molecule has 1 aliphatic rings. The first kappa shape index (κ1) is 21.8. The largest absolute Gasteiger partial charge is 0.490 e. The fourth-order valence-electron chi connectivity index (χ4n) is 3.25. The van der Waals surface area contributed by atoms with Crippen LogP contribution in [0.4, 0.5) is 9.18 Å². The summed E-state index contributed by atoms with van der Waals surface area (Å²) in [7, 11) is 1.54. The fraction of sp³-hybridized carbons (Fsp3) is 0.273. The predicted molar refractivity (Wildman–Crippen MR) is 111 cm³/mol. The Morgan fingerprint density at radius 1 is 1.33 bits per heavy atom. The molecule has 0 fully saturated rings. The predicted octanol–water partition coefficient (Wildman–Crippen LogP) is 3.55. The van der Waals surface area contributed by atoms with Crippen molar-refractivity contribution in [3.63, 3.8) is 0 Å². The average Bonchev–Trinajstić information content (AvgIpc) is 2.70. The molecule has 0 saturated heterocycles. The number of rotatable bonds is 7. The van der Waals surface area contributed by atoms with E-state index in [4.69, 9.17) is 21.4 Å². The molecule has 2 amide bonds. The van der Waals surface area contributed by atoms with Gasteiger partial charge in [0, 0.05) is 25.2 Å². The maximum absolute atomic E-state index is 13.7. The molecule has 0 bridgehead atoms. The zero-order valence-corrected chi connectivity index (χ0v) is 17.4. The van der Waals surface area contributed by atoms with Gasteiger partial charge in [-0.15, -0.1) is 0 Å². The molecule has 1 aliphatic heterocycles. The van der Waals surface area contributed by atoms with Crippen molar-refractivity contribution < 1.29 is 23.8 Å². The molecule has 1 heterocycles. The highest BCUT2D eigenvalue weighted by atomic mass is 35.5. The SMILES string of the molecule is Cc1cc(Cl)c(OCCO)cc1CC(=O)C1=CN(C)C(=O)N[C@H]1c1cccc(F)c1. The van der Waals surface area contributed by atoms with Crippen LogP contribution in [0, 0.1) is 12.7 Å². The van der Waals surface area contributed by atoms with E-state index >= 15 is 0 Å². The molecule has 0 spiro atoms. The normalized spacial score (nSPS) is 16.2. The molecule has 0 saturated carbocycles. The second-order valence-electron chi connectivity index (χ2n) is 7.01. The zero-order valence-electron chi connectivity index (χ0n) is 16.6. The third-order valence-electron chi connectivity index (χ3n) is 4.83. The summed E-state index contributed by atoms with van der Waals surface area (Å²) in [5.74, 6) is -0.301. The molecule has 1 atom stereocenters. The number of carbonyl (C=O) groups is 2. The summed E-state index contributed by atoms with van der Waals surface area (Å²) in [5, 5.41) is 12.1. The van der Waals surface area contributed by atoms with Gasteiger partial charge in [0.2, 0.25) is 0 Å². The minimum absolute atomic E-state index is 0.0415. The number of Topliss-reactive ketones (excluding diaryl/α,β-unsaturated/α-hetero) is 1. The molecule has 3 rings (SSSR count). The number of hydrogen-bond acceptors (Lipinski definition) is 4. The molecule has 2 aromatic rings. The first-order valence-electron chi connectivity index (χ1n) is 9.36. The summed E-state index contributed by atoms with van der Waals surface area (Å²) in [4.78, 5) is 26.6. The monoisotopic (exact) mass is 432 g/mol. The van der Waals surface area contributed by atoms with E-state index in [0.717, 1.165) is 5.56 Å². The maximum Gasteiger partial charge on any atom is 0.321 e. The van der Waals surface area contributed by atoms with Gasteiger partial charge < -0.3 is 20.1 Å². The van der Waals surface area contributed by atoms with Gasteiger partial charge >= 0.3 is 6.03 Å². The van der Waals surface area contributed by atoms with Crippen molar-refractivity contribution in [3.05, 3.63) is 75.7 Å². The molecule has 2 aromatic carbocycles. The highest BCUT2D eigenvalue weighted by Crippen LogP contribution is 2.31. The lowest BCUT2D eigenvalue weighted by Crippen LogP contribution is -2.43. The number of carbonyl (C=O) groups excluding carboxylic acids is 2. The van der Waals surface area contributed by atoms with Gasteiger partial charge in [0.1, 0.15) is 18.2 Å². The number of aliphatic hydroxyl groups is 1. The Morgan fingerprint density at radius 2 is 2.10 bits per heavy atom. The number of ketones is 1. The molecule has 30 heavy (non-hydrogen) atoms. The van der Waals surface area contributed by atoms with E-state index < -0.39 is 11.9 Å². The summed E-state index contributed by atoms with van der Waals surface area (Å²) in [6.07, 6.45) is 1.52. The molecule has 0 aliphatic carbocycles. The first-order chi connectivity index (χ1) is 14.3. The smallest absolute Gasteiger partial charge is 0.321 e. The molecule has 158 valence electrons. The van der Waals surface area contributed by atoms with E-state index in [1.165, 1.54) is 29.3 Å². The minimum Gasteiger partial charge on any atom is -0.490 e. The maximum atomic E-state index is 13.7. The number of aryl methyl sites for hydroxylation is 1. The summed E-state index contributed by atoms with van der Waals surface area (Å²) in [6.45, 7) is 1.75.